The Bertz CT molecular complexity index is 316. The molecule has 0 fully saturated rings. The Hall–Kier alpha value is -0.860. The number of nitrogens with zero attached hydrogens (tertiary/aromatic N) is 1. The van der Waals surface area contributed by atoms with Gasteiger partial charge < -0.3 is 10.2 Å². The second kappa shape index (κ2) is 8.28. The van der Waals surface area contributed by atoms with Gasteiger partial charge in [-0.3, -0.25) is 0 Å². The first kappa shape index (κ1) is 15.2. The van der Waals surface area contributed by atoms with E-state index in [1.54, 1.807) is 0 Å². The normalized spacial score (nSPS) is 11.4. The van der Waals surface area contributed by atoms with E-state index < -0.39 is 0 Å². The van der Waals surface area contributed by atoms with Crippen LogP contribution in [0.15, 0.2) is 24.3 Å². The molecule has 2 nitrogen and oxygen atoms in total. The van der Waals surface area contributed by atoms with Crippen LogP contribution in [0.25, 0.3) is 0 Å². The van der Waals surface area contributed by atoms with Crippen LogP contribution >= 0.6 is 0 Å². The lowest BCUT2D eigenvalue weighted by molar-refractivity contribution is 0.318. The molecular weight excluding hydrogens is 220 g/mol. The van der Waals surface area contributed by atoms with Crippen LogP contribution in [0, 0.1) is 0 Å². The predicted molar refractivity (Wildman–Crippen MR) is 80.0 cm³/mol. The lowest BCUT2D eigenvalue weighted by Gasteiger charge is -2.17. The smallest absolute Gasteiger partial charge is 0.0230 e. The summed E-state index contributed by atoms with van der Waals surface area (Å²) in [5.41, 5.74) is 2.84. The standard InChI is InChI=1S/C16H28N2/c1-14(2)16-9-7-15(8-10-16)13-18(4)12-6-5-11-17-3/h7-10,14,17H,5-6,11-13H2,1-4H3. The molecule has 102 valence electrons. The van der Waals surface area contributed by atoms with Crippen LogP contribution in [-0.2, 0) is 6.54 Å². The van der Waals surface area contributed by atoms with Crippen LogP contribution in [0.4, 0.5) is 0 Å². The molecule has 1 aromatic rings. The molecule has 0 radical (unpaired) electrons. The third-order valence-corrected chi connectivity index (χ3v) is 3.32. The average molecular weight is 248 g/mol. The van der Waals surface area contributed by atoms with Gasteiger partial charge >= 0.3 is 0 Å². The summed E-state index contributed by atoms with van der Waals surface area (Å²) in [6.45, 7) is 7.83. The summed E-state index contributed by atoms with van der Waals surface area (Å²) in [7, 11) is 4.22. The van der Waals surface area contributed by atoms with Crippen LogP contribution in [0.2, 0.25) is 0 Å². The Balaban J connectivity index is 2.32. The van der Waals surface area contributed by atoms with E-state index >= 15 is 0 Å². The van der Waals surface area contributed by atoms with E-state index in [2.05, 4.69) is 55.4 Å². The second-order valence-electron chi connectivity index (χ2n) is 5.44. The average Bonchev–Trinajstić information content (AvgIpc) is 2.35. The Morgan fingerprint density at radius 1 is 1.11 bits per heavy atom. The number of nitrogens with one attached hydrogen (secondary N) is 1. The maximum atomic E-state index is 3.19. The quantitative estimate of drug-likeness (QED) is 0.711. The SMILES string of the molecule is CNCCCCN(C)Cc1ccc(C(C)C)cc1. The fourth-order valence-electron chi connectivity index (χ4n) is 2.08. The van der Waals surface area contributed by atoms with Crippen LogP contribution in [0.5, 0.6) is 0 Å². The lowest BCUT2D eigenvalue weighted by Crippen LogP contribution is -2.20. The monoisotopic (exact) mass is 248 g/mol. The molecule has 0 unspecified atom stereocenters. The molecule has 0 aliphatic heterocycles. The lowest BCUT2D eigenvalue weighted by atomic mass is 10.0. The van der Waals surface area contributed by atoms with E-state index in [1.165, 1.54) is 30.5 Å². The Kier molecular flexibility index (Phi) is 6.99. The van der Waals surface area contributed by atoms with Gasteiger partial charge in [-0.15, -0.1) is 0 Å². The summed E-state index contributed by atoms with van der Waals surface area (Å²) in [5, 5.41) is 3.19. The summed E-state index contributed by atoms with van der Waals surface area (Å²) >= 11 is 0. The zero-order chi connectivity index (χ0) is 13.4. The maximum Gasteiger partial charge on any atom is 0.0230 e. The van der Waals surface area contributed by atoms with Gasteiger partial charge in [0.1, 0.15) is 0 Å². The minimum absolute atomic E-state index is 0.623. The van der Waals surface area contributed by atoms with Crippen molar-refractivity contribution in [2.24, 2.45) is 0 Å². The van der Waals surface area contributed by atoms with Gasteiger partial charge in [-0.2, -0.15) is 0 Å². The van der Waals surface area contributed by atoms with E-state index in [1.807, 2.05) is 7.05 Å². The van der Waals surface area contributed by atoms with Gasteiger partial charge in [-0.1, -0.05) is 38.1 Å². The number of hydrogen-bond donors (Lipinski definition) is 1. The highest BCUT2D eigenvalue weighted by molar-refractivity contribution is 5.24. The molecule has 0 amide bonds. The highest BCUT2D eigenvalue weighted by Gasteiger charge is 2.02. The molecular formula is C16H28N2. The van der Waals surface area contributed by atoms with Crippen molar-refractivity contribution in [1.82, 2.24) is 10.2 Å². The Labute approximate surface area is 112 Å². The first-order valence-corrected chi connectivity index (χ1v) is 7.05. The molecule has 0 heterocycles. The van der Waals surface area contributed by atoms with Gasteiger partial charge in [-0.25, -0.2) is 0 Å². The number of hydrogen-bond acceptors (Lipinski definition) is 2. The van der Waals surface area contributed by atoms with Gasteiger partial charge in [-0.05, 0) is 57.1 Å². The van der Waals surface area contributed by atoms with Crippen molar-refractivity contribution < 1.29 is 0 Å². The molecule has 0 spiro atoms. The van der Waals surface area contributed by atoms with E-state index in [4.69, 9.17) is 0 Å². The summed E-state index contributed by atoms with van der Waals surface area (Å²) < 4.78 is 0. The van der Waals surface area contributed by atoms with Crippen molar-refractivity contribution in [2.45, 2.75) is 39.2 Å². The fourth-order valence-corrected chi connectivity index (χ4v) is 2.08. The van der Waals surface area contributed by atoms with E-state index in [9.17, 15) is 0 Å². The van der Waals surface area contributed by atoms with Crippen molar-refractivity contribution in [3.8, 4) is 0 Å². The van der Waals surface area contributed by atoms with Crippen molar-refractivity contribution >= 4 is 0 Å². The molecule has 0 atom stereocenters. The summed E-state index contributed by atoms with van der Waals surface area (Å²) in [6, 6.07) is 9.04. The third-order valence-electron chi connectivity index (χ3n) is 3.32. The molecule has 1 rings (SSSR count). The zero-order valence-electron chi connectivity index (χ0n) is 12.4. The van der Waals surface area contributed by atoms with Crippen molar-refractivity contribution in [3.63, 3.8) is 0 Å². The van der Waals surface area contributed by atoms with Crippen LogP contribution in [0.3, 0.4) is 0 Å². The van der Waals surface area contributed by atoms with E-state index in [0.29, 0.717) is 5.92 Å². The molecule has 0 saturated heterocycles. The predicted octanol–water partition coefficient (Wildman–Crippen LogP) is 3.24. The van der Waals surface area contributed by atoms with Gasteiger partial charge in [0.05, 0.1) is 0 Å². The molecule has 18 heavy (non-hydrogen) atoms. The van der Waals surface area contributed by atoms with Gasteiger partial charge in [0.15, 0.2) is 0 Å². The molecule has 0 aliphatic carbocycles. The molecule has 0 aliphatic rings. The second-order valence-corrected chi connectivity index (χ2v) is 5.44. The summed E-state index contributed by atoms with van der Waals surface area (Å²) in [4.78, 5) is 2.40. The number of unbranched alkanes of at least 4 members (excludes halogenated alkanes) is 1. The minimum atomic E-state index is 0.623. The van der Waals surface area contributed by atoms with Crippen molar-refractivity contribution in [3.05, 3.63) is 35.4 Å². The minimum Gasteiger partial charge on any atom is -0.320 e. The molecule has 2 heteroatoms. The first-order chi connectivity index (χ1) is 8.63. The van der Waals surface area contributed by atoms with Crippen molar-refractivity contribution in [1.29, 1.82) is 0 Å². The van der Waals surface area contributed by atoms with Crippen molar-refractivity contribution in [2.75, 3.05) is 27.2 Å². The maximum absolute atomic E-state index is 3.19. The Morgan fingerprint density at radius 3 is 2.33 bits per heavy atom. The molecule has 0 saturated carbocycles. The highest BCUT2D eigenvalue weighted by atomic mass is 15.1. The largest absolute Gasteiger partial charge is 0.320 e. The van der Waals surface area contributed by atoms with E-state index in [0.717, 1.165) is 13.1 Å². The van der Waals surface area contributed by atoms with E-state index in [-0.39, 0.29) is 0 Å². The molecule has 1 N–H and O–H groups in total. The van der Waals surface area contributed by atoms with Crippen LogP contribution in [0.1, 0.15) is 43.7 Å². The molecule has 0 aromatic heterocycles. The number of benzene rings is 1. The van der Waals surface area contributed by atoms with Gasteiger partial charge in [0, 0.05) is 6.54 Å². The number of rotatable bonds is 8. The third kappa shape index (κ3) is 5.65. The van der Waals surface area contributed by atoms with Crippen LogP contribution < -0.4 is 5.32 Å². The zero-order valence-corrected chi connectivity index (χ0v) is 12.4. The first-order valence-electron chi connectivity index (χ1n) is 7.05. The van der Waals surface area contributed by atoms with Gasteiger partial charge in [0.25, 0.3) is 0 Å². The van der Waals surface area contributed by atoms with Crippen LogP contribution in [-0.4, -0.2) is 32.1 Å². The fraction of sp³-hybridized carbons (Fsp3) is 0.625. The summed E-state index contributed by atoms with van der Waals surface area (Å²) in [6.07, 6.45) is 2.52. The Morgan fingerprint density at radius 2 is 1.78 bits per heavy atom. The molecule has 1 aromatic carbocycles. The topological polar surface area (TPSA) is 15.3 Å². The van der Waals surface area contributed by atoms with Gasteiger partial charge in [0.2, 0.25) is 0 Å². The highest BCUT2D eigenvalue weighted by Crippen LogP contribution is 2.15. The summed E-state index contributed by atoms with van der Waals surface area (Å²) in [5.74, 6) is 0.623. The molecule has 0 bridgehead atoms.